The van der Waals surface area contributed by atoms with Crippen molar-refractivity contribution < 1.29 is 0 Å². The molecule has 1 aromatic heterocycles. The van der Waals surface area contributed by atoms with Crippen LogP contribution in [0.25, 0.3) is 10.1 Å². The van der Waals surface area contributed by atoms with Crippen LogP contribution in [0.4, 0.5) is 5.69 Å². The first-order chi connectivity index (χ1) is 8.70. The largest absolute Gasteiger partial charge is 0.399 e. The molecule has 3 nitrogen and oxygen atoms in total. The third-order valence-electron chi connectivity index (χ3n) is 3.57. The van der Waals surface area contributed by atoms with E-state index in [1.54, 1.807) is 0 Å². The van der Waals surface area contributed by atoms with Crippen LogP contribution in [0.5, 0.6) is 0 Å². The van der Waals surface area contributed by atoms with Crippen molar-refractivity contribution in [3.8, 4) is 0 Å². The summed E-state index contributed by atoms with van der Waals surface area (Å²) in [5.74, 6) is 0. The Morgan fingerprint density at radius 1 is 1.17 bits per heavy atom. The molecule has 0 amide bonds. The normalized spacial score (nSPS) is 18.5. The number of anilines is 1. The van der Waals surface area contributed by atoms with Gasteiger partial charge >= 0.3 is 0 Å². The fourth-order valence-corrected chi connectivity index (χ4v) is 3.51. The van der Waals surface area contributed by atoms with Crippen LogP contribution in [-0.4, -0.2) is 43.0 Å². The van der Waals surface area contributed by atoms with E-state index in [0.29, 0.717) is 0 Å². The highest BCUT2D eigenvalue weighted by Crippen LogP contribution is 2.28. The number of piperazine rings is 1. The Labute approximate surface area is 112 Å². The summed E-state index contributed by atoms with van der Waals surface area (Å²) in [7, 11) is 2.19. The van der Waals surface area contributed by atoms with E-state index in [-0.39, 0.29) is 0 Å². The van der Waals surface area contributed by atoms with Gasteiger partial charge in [-0.2, -0.15) is 0 Å². The molecule has 1 aliphatic heterocycles. The third-order valence-corrected chi connectivity index (χ3v) is 4.67. The van der Waals surface area contributed by atoms with Gasteiger partial charge in [0.1, 0.15) is 0 Å². The van der Waals surface area contributed by atoms with Gasteiger partial charge in [-0.3, -0.25) is 4.90 Å². The van der Waals surface area contributed by atoms with Crippen LogP contribution in [-0.2, 0) is 6.54 Å². The number of rotatable bonds is 2. The SMILES string of the molecule is CN1CCN(Cc2cc3cc(N)ccc3s2)CC1. The van der Waals surface area contributed by atoms with Gasteiger partial charge in [0.2, 0.25) is 0 Å². The Balaban J connectivity index is 1.74. The molecular weight excluding hydrogens is 242 g/mol. The quantitative estimate of drug-likeness (QED) is 0.842. The van der Waals surface area contributed by atoms with E-state index in [4.69, 9.17) is 5.73 Å². The Morgan fingerprint density at radius 3 is 2.72 bits per heavy atom. The minimum atomic E-state index is 0.853. The summed E-state index contributed by atoms with van der Waals surface area (Å²) in [6.07, 6.45) is 0. The second kappa shape index (κ2) is 4.88. The average molecular weight is 261 g/mol. The van der Waals surface area contributed by atoms with Crippen molar-refractivity contribution >= 4 is 27.1 Å². The molecule has 2 aromatic rings. The van der Waals surface area contributed by atoms with E-state index in [9.17, 15) is 0 Å². The van der Waals surface area contributed by atoms with Gasteiger partial charge in [-0.25, -0.2) is 0 Å². The van der Waals surface area contributed by atoms with Crippen molar-refractivity contribution in [3.63, 3.8) is 0 Å². The van der Waals surface area contributed by atoms with E-state index < -0.39 is 0 Å². The molecule has 0 spiro atoms. The fraction of sp³-hybridized carbons (Fsp3) is 0.429. The molecule has 2 heterocycles. The van der Waals surface area contributed by atoms with Crippen LogP contribution in [0, 0.1) is 0 Å². The molecular formula is C14H19N3S. The number of nitrogen functional groups attached to an aromatic ring is 1. The second-order valence-corrected chi connectivity index (χ2v) is 6.26. The lowest BCUT2D eigenvalue weighted by molar-refractivity contribution is 0.149. The number of nitrogens with zero attached hydrogens (tertiary/aromatic N) is 2. The number of thiophene rings is 1. The van der Waals surface area contributed by atoms with E-state index in [1.165, 1.54) is 41.1 Å². The first kappa shape index (κ1) is 12.0. The van der Waals surface area contributed by atoms with Crippen molar-refractivity contribution in [2.24, 2.45) is 0 Å². The molecule has 1 aromatic carbocycles. The minimum Gasteiger partial charge on any atom is -0.399 e. The average Bonchev–Trinajstić information content (AvgIpc) is 2.73. The van der Waals surface area contributed by atoms with E-state index in [1.807, 2.05) is 17.4 Å². The molecule has 1 saturated heterocycles. The van der Waals surface area contributed by atoms with E-state index in [2.05, 4.69) is 35.0 Å². The molecule has 0 saturated carbocycles. The van der Waals surface area contributed by atoms with Gasteiger partial charge in [0.25, 0.3) is 0 Å². The summed E-state index contributed by atoms with van der Waals surface area (Å²) >= 11 is 1.89. The smallest absolute Gasteiger partial charge is 0.0347 e. The van der Waals surface area contributed by atoms with Gasteiger partial charge in [0.05, 0.1) is 0 Å². The van der Waals surface area contributed by atoms with Crippen LogP contribution in [0.1, 0.15) is 4.88 Å². The zero-order valence-corrected chi connectivity index (χ0v) is 11.5. The molecule has 1 fully saturated rings. The standard InChI is InChI=1S/C14H19N3S/c1-16-4-6-17(7-5-16)10-13-9-11-8-12(15)2-3-14(11)18-13/h2-3,8-9H,4-7,10,15H2,1H3. The lowest BCUT2D eigenvalue weighted by atomic mass is 10.2. The minimum absolute atomic E-state index is 0.853. The number of hydrogen-bond acceptors (Lipinski definition) is 4. The molecule has 0 bridgehead atoms. The molecule has 18 heavy (non-hydrogen) atoms. The number of hydrogen-bond donors (Lipinski definition) is 1. The van der Waals surface area contributed by atoms with E-state index in [0.717, 1.165) is 12.2 Å². The van der Waals surface area contributed by atoms with Gasteiger partial charge in [0, 0.05) is 48.0 Å². The van der Waals surface area contributed by atoms with Gasteiger partial charge in [-0.05, 0) is 36.7 Å². The molecule has 0 atom stereocenters. The number of likely N-dealkylation sites (N-methyl/N-ethyl adjacent to an activating group) is 1. The lowest BCUT2D eigenvalue weighted by Gasteiger charge is -2.31. The predicted octanol–water partition coefficient (Wildman–Crippen LogP) is 2.23. The van der Waals surface area contributed by atoms with Gasteiger partial charge in [0.15, 0.2) is 0 Å². The Bertz CT molecular complexity index is 541. The summed E-state index contributed by atoms with van der Waals surface area (Å²) in [5, 5.41) is 1.28. The zero-order valence-electron chi connectivity index (χ0n) is 10.7. The number of benzene rings is 1. The summed E-state index contributed by atoms with van der Waals surface area (Å²) in [4.78, 5) is 6.37. The van der Waals surface area contributed by atoms with Crippen LogP contribution in [0.2, 0.25) is 0 Å². The zero-order chi connectivity index (χ0) is 12.5. The van der Waals surface area contributed by atoms with Crippen molar-refractivity contribution in [3.05, 3.63) is 29.1 Å². The Kier molecular flexibility index (Phi) is 3.24. The lowest BCUT2D eigenvalue weighted by Crippen LogP contribution is -2.43. The highest BCUT2D eigenvalue weighted by molar-refractivity contribution is 7.19. The van der Waals surface area contributed by atoms with Gasteiger partial charge < -0.3 is 10.6 Å². The topological polar surface area (TPSA) is 32.5 Å². The van der Waals surface area contributed by atoms with Crippen LogP contribution >= 0.6 is 11.3 Å². The highest BCUT2D eigenvalue weighted by atomic mass is 32.1. The summed E-state index contributed by atoms with van der Waals surface area (Å²) in [5.41, 5.74) is 6.67. The summed E-state index contributed by atoms with van der Waals surface area (Å²) < 4.78 is 1.34. The highest BCUT2D eigenvalue weighted by Gasteiger charge is 2.14. The molecule has 3 rings (SSSR count). The van der Waals surface area contributed by atoms with Crippen LogP contribution < -0.4 is 5.73 Å². The first-order valence-electron chi connectivity index (χ1n) is 6.39. The molecule has 0 aliphatic carbocycles. The van der Waals surface area contributed by atoms with Crippen LogP contribution in [0.15, 0.2) is 24.3 Å². The number of fused-ring (bicyclic) bond motifs is 1. The van der Waals surface area contributed by atoms with Crippen molar-refractivity contribution in [2.75, 3.05) is 39.0 Å². The molecule has 0 radical (unpaired) electrons. The van der Waals surface area contributed by atoms with Gasteiger partial charge in [-0.1, -0.05) is 0 Å². The van der Waals surface area contributed by atoms with Crippen molar-refractivity contribution in [1.82, 2.24) is 9.80 Å². The Morgan fingerprint density at radius 2 is 1.94 bits per heavy atom. The molecule has 1 aliphatic rings. The number of nitrogens with two attached hydrogens (primary N) is 1. The van der Waals surface area contributed by atoms with Crippen molar-refractivity contribution in [2.45, 2.75) is 6.54 Å². The molecule has 4 heteroatoms. The Hall–Kier alpha value is -1.10. The van der Waals surface area contributed by atoms with Crippen LogP contribution in [0.3, 0.4) is 0 Å². The van der Waals surface area contributed by atoms with Gasteiger partial charge in [-0.15, -0.1) is 11.3 Å². The molecule has 0 unspecified atom stereocenters. The predicted molar refractivity (Wildman–Crippen MR) is 79.0 cm³/mol. The second-order valence-electron chi connectivity index (χ2n) is 5.09. The summed E-state index contributed by atoms with van der Waals surface area (Å²) in [6.45, 7) is 5.78. The maximum atomic E-state index is 5.82. The molecule has 2 N–H and O–H groups in total. The third kappa shape index (κ3) is 2.51. The molecule has 96 valence electrons. The fourth-order valence-electron chi connectivity index (χ4n) is 2.42. The maximum absolute atomic E-state index is 5.82. The maximum Gasteiger partial charge on any atom is 0.0347 e. The van der Waals surface area contributed by atoms with E-state index >= 15 is 0 Å². The first-order valence-corrected chi connectivity index (χ1v) is 7.21. The summed E-state index contributed by atoms with van der Waals surface area (Å²) in [6, 6.07) is 8.47. The monoisotopic (exact) mass is 261 g/mol. The van der Waals surface area contributed by atoms with Crippen molar-refractivity contribution in [1.29, 1.82) is 0 Å².